The Morgan fingerprint density at radius 1 is 1.15 bits per heavy atom. The van der Waals surface area contributed by atoms with Crippen LogP contribution in [0.1, 0.15) is 22.6 Å². The zero-order valence-electron chi connectivity index (χ0n) is 15.1. The highest BCUT2D eigenvalue weighted by atomic mass is 79.9. The summed E-state index contributed by atoms with van der Waals surface area (Å²) in [6.45, 7) is 0. The van der Waals surface area contributed by atoms with Crippen molar-refractivity contribution >= 4 is 28.6 Å². The second kappa shape index (κ2) is 6.64. The molecule has 8 heteroatoms. The summed E-state index contributed by atoms with van der Waals surface area (Å²) in [5.74, 6) is -0.561. The van der Waals surface area contributed by atoms with Gasteiger partial charge in [-0.05, 0) is 22.9 Å². The zero-order valence-corrected chi connectivity index (χ0v) is 18.3. The first-order valence-electron chi connectivity index (χ1n) is 8.92. The van der Waals surface area contributed by atoms with Gasteiger partial charge in [0, 0.05) is 12.8 Å². The number of hydrogen-bond donors (Lipinski definition) is 1. The van der Waals surface area contributed by atoms with Crippen LogP contribution in [-0.4, -0.2) is 60.0 Å². The predicted octanol–water partition coefficient (Wildman–Crippen LogP) is -0.650. The number of piperidine rings is 1. The fourth-order valence-electron chi connectivity index (χ4n) is 4.83. The van der Waals surface area contributed by atoms with Crippen LogP contribution in [0.15, 0.2) is 35.0 Å². The molecule has 5 heterocycles. The molecule has 2 aromatic rings. The van der Waals surface area contributed by atoms with E-state index in [4.69, 9.17) is 9.47 Å². The minimum Gasteiger partial charge on any atom is -1.00 e. The molecular weight excluding hydrogens is 450 g/mol. The molecular formula is C19H22BrNO4S2. The van der Waals surface area contributed by atoms with Crippen molar-refractivity contribution in [1.82, 2.24) is 0 Å². The molecule has 5 nitrogen and oxygen atoms in total. The Morgan fingerprint density at radius 2 is 1.67 bits per heavy atom. The average molecular weight is 472 g/mol. The summed E-state index contributed by atoms with van der Waals surface area (Å²) < 4.78 is 12.6. The minimum absolute atomic E-state index is 0. The third kappa shape index (κ3) is 2.84. The van der Waals surface area contributed by atoms with Crippen molar-refractivity contribution in [3.8, 4) is 0 Å². The molecule has 0 aliphatic carbocycles. The molecule has 0 unspecified atom stereocenters. The number of epoxide rings is 1. The van der Waals surface area contributed by atoms with Gasteiger partial charge < -0.3 is 36.0 Å². The van der Waals surface area contributed by atoms with Gasteiger partial charge in [-0.25, -0.2) is 4.79 Å². The standard InChI is InChI=1S/C19H22NO4S2.BrH/c1-20(2)12-9-11(10-13(20)17-16(12)24-17)23-18(21)19(22,14-5-3-7-25-14)15-6-4-8-26-15;/h3-8,11-13,16-17,22H,9-10H2,1-2H3;1H/q+1;/p-1/t12-,13-,16-,17-;/m1./s1. The number of fused-ring (bicyclic) bond motifs is 5. The molecule has 0 saturated carbocycles. The van der Waals surface area contributed by atoms with Crippen LogP contribution in [0, 0.1) is 0 Å². The van der Waals surface area contributed by atoms with Crippen molar-refractivity contribution in [2.45, 2.75) is 48.8 Å². The molecule has 4 atom stereocenters. The van der Waals surface area contributed by atoms with Gasteiger partial charge in [0.1, 0.15) is 30.4 Å². The van der Waals surface area contributed by atoms with Crippen molar-refractivity contribution in [3.63, 3.8) is 0 Å². The molecule has 3 fully saturated rings. The van der Waals surface area contributed by atoms with Crippen molar-refractivity contribution < 1.29 is 40.8 Å². The smallest absolute Gasteiger partial charge is 0.349 e. The summed E-state index contributed by atoms with van der Waals surface area (Å²) >= 11 is 2.74. The van der Waals surface area contributed by atoms with E-state index in [0.717, 1.165) is 17.3 Å². The Labute approximate surface area is 176 Å². The topological polar surface area (TPSA) is 59.1 Å². The van der Waals surface area contributed by atoms with Crippen LogP contribution in [0.5, 0.6) is 0 Å². The molecule has 0 amide bonds. The summed E-state index contributed by atoms with van der Waals surface area (Å²) in [6.07, 6.45) is 2.05. The van der Waals surface area contributed by atoms with Crippen molar-refractivity contribution in [1.29, 1.82) is 0 Å². The number of likely N-dealkylation sites (N-methyl/N-ethyl adjacent to an activating group) is 1. The molecule has 0 aromatic carbocycles. The Morgan fingerprint density at radius 3 is 2.11 bits per heavy atom. The van der Waals surface area contributed by atoms with E-state index in [1.165, 1.54) is 22.7 Å². The number of thiophene rings is 2. The number of hydrogen-bond acceptors (Lipinski definition) is 6. The number of nitrogens with zero attached hydrogens (tertiary/aromatic N) is 1. The highest BCUT2D eigenvalue weighted by Gasteiger charge is 2.71. The lowest BCUT2D eigenvalue weighted by atomic mass is 9.95. The first kappa shape index (κ1) is 19.5. The number of halogens is 1. The molecule has 3 saturated heterocycles. The molecule has 2 aromatic heterocycles. The van der Waals surface area contributed by atoms with E-state index < -0.39 is 11.6 Å². The van der Waals surface area contributed by atoms with Crippen molar-refractivity contribution in [2.75, 3.05) is 14.1 Å². The fraction of sp³-hybridized carbons (Fsp3) is 0.526. The summed E-state index contributed by atoms with van der Waals surface area (Å²) in [5, 5.41) is 15.1. The van der Waals surface area contributed by atoms with E-state index in [1.54, 1.807) is 12.1 Å². The third-order valence-electron chi connectivity index (χ3n) is 6.36. The molecule has 3 aliphatic rings. The van der Waals surface area contributed by atoms with Gasteiger partial charge in [0.05, 0.1) is 23.8 Å². The molecule has 2 bridgehead atoms. The van der Waals surface area contributed by atoms with Crippen LogP contribution in [-0.2, 0) is 19.9 Å². The monoisotopic (exact) mass is 471 g/mol. The number of quaternary nitrogens is 1. The lowest BCUT2D eigenvalue weighted by molar-refractivity contribution is -0.938. The summed E-state index contributed by atoms with van der Waals surface area (Å²) in [6, 6.07) is 8.01. The summed E-state index contributed by atoms with van der Waals surface area (Å²) in [5.41, 5.74) is -1.72. The van der Waals surface area contributed by atoms with E-state index in [9.17, 15) is 9.90 Å². The lowest BCUT2D eigenvalue weighted by Gasteiger charge is -2.45. The maximum atomic E-state index is 13.1. The molecule has 27 heavy (non-hydrogen) atoms. The van der Waals surface area contributed by atoms with Gasteiger partial charge in [0.25, 0.3) is 0 Å². The van der Waals surface area contributed by atoms with Crippen LogP contribution < -0.4 is 17.0 Å². The summed E-state index contributed by atoms with van der Waals surface area (Å²) in [4.78, 5) is 14.3. The normalized spacial score (nSPS) is 33.1. The molecule has 146 valence electrons. The van der Waals surface area contributed by atoms with Crippen LogP contribution in [0.25, 0.3) is 0 Å². The van der Waals surface area contributed by atoms with Crippen molar-refractivity contribution in [2.24, 2.45) is 0 Å². The van der Waals surface area contributed by atoms with E-state index in [1.807, 2.05) is 22.9 Å². The maximum Gasteiger partial charge on any atom is 0.349 e. The van der Waals surface area contributed by atoms with Crippen LogP contribution >= 0.6 is 22.7 Å². The van der Waals surface area contributed by atoms with Gasteiger partial charge in [-0.2, -0.15) is 0 Å². The Bertz CT molecular complexity index is 769. The number of carbonyl (C=O) groups excluding carboxylic acids is 1. The number of rotatable bonds is 4. The quantitative estimate of drug-likeness (QED) is 0.365. The Balaban J connectivity index is 0.00000180. The lowest BCUT2D eigenvalue weighted by Crippen LogP contribution is -3.00. The first-order valence-corrected chi connectivity index (χ1v) is 10.7. The fourth-order valence-corrected chi connectivity index (χ4v) is 6.54. The number of ether oxygens (including phenoxy) is 2. The Kier molecular flexibility index (Phi) is 4.81. The number of carbonyl (C=O) groups is 1. The van der Waals surface area contributed by atoms with Gasteiger partial charge in [-0.3, -0.25) is 0 Å². The van der Waals surface area contributed by atoms with Gasteiger partial charge in [0.15, 0.2) is 0 Å². The van der Waals surface area contributed by atoms with Gasteiger partial charge in [0.2, 0.25) is 5.60 Å². The molecule has 5 rings (SSSR count). The highest BCUT2D eigenvalue weighted by Crippen LogP contribution is 2.52. The molecule has 3 aliphatic heterocycles. The van der Waals surface area contributed by atoms with Crippen LogP contribution in [0.3, 0.4) is 0 Å². The largest absolute Gasteiger partial charge is 1.00 e. The predicted molar refractivity (Wildman–Crippen MR) is 99.1 cm³/mol. The van der Waals surface area contributed by atoms with Crippen LogP contribution in [0.2, 0.25) is 0 Å². The highest BCUT2D eigenvalue weighted by molar-refractivity contribution is 7.12. The first-order chi connectivity index (χ1) is 12.4. The average Bonchev–Trinajstić information content (AvgIpc) is 2.98. The van der Waals surface area contributed by atoms with Crippen LogP contribution in [0.4, 0.5) is 0 Å². The Hall–Kier alpha value is -0.770. The SMILES string of the molecule is C[N+]1(C)[C@@H]2CC(OC(=O)C(O)(c3cccs3)c3cccs3)C[C@@H]1[C@H]1O[C@@H]12.[Br-]. The third-order valence-corrected chi connectivity index (χ3v) is 8.32. The number of aliphatic hydroxyl groups is 1. The van der Waals surface area contributed by atoms with E-state index in [-0.39, 0.29) is 23.1 Å². The second-order valence-corrected chi connectivity index (χ2v) is 9.89. The van der Waals surface area contributed by atoms with Gasteiger partial charge in [-0.1, -0.05) is 12.1 Å². The number of esters is 1. The van der Waals surface area contributed by atoms with E-state index in [2.05, 4.69) is 14.1 Å². The minimum atomic E-state index is -1.72. The number of morpholine rings is 1. The summed E-state index contributed by atoms with van der Waals surface area (Å²) in [7, 11) is 4.49. The van der Waals surface area contributed by atoms with E-state index in [0.29, 0.717) is 34.0 Å². The molecule has 0 radical (unpaired) electrons. The zero-order chi connectivity index (χ0) is 18.1. The van der Waals surface area contributed by atoms with E-state index >= 15 is 0 Å². The van der Waals surface area contributed by atoms with Gasteiger partial charge in [-0.15, -0.1) is 22.7 Å². The van der Waals surface area contributed by atoms with Crippen molar-refractivity contribution in [3.05, 3.63) is 44.8 Å². The van der Waals surface area contributed by atoms with Gasteiger partial charge >= 0.3 is 5.97 Å². The molecule has 1 N–H and O–H groups in total. The second-order valence-electron chi connectivity index (χ2n) is 7.99. The molecule has 0 spiro atoms. The maximum absolute atomic E-state index is 13.1.